The maximum atomic E-state index is 14.7. The van der Waals surface area contributed by atoms with Crippen LogP contribution in [-0.2, 0) is 6.54 Å². The summed E-state index contributed by atoms with van der Waals surface area (Å²) in [6.07, 6.45) is 9.25. The minimum absolute atomic E-state index is 0.167. The van der Waals surface area contributed by atoms with Crippen molar-refractivity contribution in [2.45, 2.75) is 19.5 Å². The lowest BCUT2D eigenvalue weighted by atomic mass is 10.0. The van der Waals surface area contributed by atoms with Crippen LogP contribution in [0, 0.1) is 5.82 Å². The number of aromatic nitrogens is 4. The van der Waals surface area contributed by atoms with Gasteiger partial charge in [0.25, 0.3) is 0 Å². The number of halogens is 1. The second kappa shape index (κ2) is 11.3. The minimum Gasteiger partial charge on any atom is -0.353 e. The van der Waals surface area contributed by atoms with Gasteiger partial charge in [0.1, 0.15) is 17.3 Å². The molecule has 5 N–H and O–H groups in total. The molecule has 0 bridgehead atoms. The molecule has 0 unspecified atom stereocenters. The number of rotatable bonds is 8. The lowest BCUT2D eigenvalue weighted by molar-refractivity contribution is 0.256. The van der Waals surface area contributed by atoms with Gasteiger partial charge in [0.2, 0.25) is 0 Å². The van der Waals surface area contributed by atoms with Gasteiger partial charge in [-0.25, -0.2) is 9.38 Å². The smallest absolute Gasteiger partial charge is 0.128 e. The van der Waals surface area contributed by atoms with Gasteiger partial charge in [-0.15, -0.1) is 0 Å². The first kappa shape index (κ1) is 28.6. The van der Waals surface area contributed by atoms with Crippen LogP contribution in [0.15, 0.2) is 78.6 Å². The van der Waals surface area contributed by atoms with Gasteiger partial charge in [0.15, 0.2) is 0 Å². The molecule has 1 aliphatic rings. The molecule has 4 heterocycles. The number of amidine groups is 1. The van der Waals surface area contributed by atoms with Gasteiger partial charge in [-0.2, -0.15) is 14.5 Å². The summed E-state index contributed by atoms with van der Waals surface area (Å²) < 4.78 is 18.0. The number of likely N-dealkylation sites (tertiary alicyclic amines) is 1. The number of hydrogen-bond donors (Lipinski definition) is 4. The van der Waals surface area contributed by atoms with Crippen LogP contribution in [0.25, 0.3) is 50.0 Å². The fourth-order valence-corrected chi connectivity index (χ4v) is 5.83. The van der Waals surface area contributed by atoms with E-state index < -0.39 is 9.39 Å². The number of pyridine rings is 1. The third-order valence-corrected chi connectivity index (χ3v) is 8.32. The van der Waals surface area contributed by atoms with E-state index in [1.54, 1.807) is 18.5 Å². The summed E-state index contributed by atoms with van der Waals surface area (Å²) in [5, 5.41) is 9.68. The highest BCUT2D eigenvalue weighted by atomic mass is 32.2. The number of nitrogens with zero attached hydrogens (tertiary/aromatic N) is 4. The molecule has 0 spiro atoms. The Morgan fingerprint density at radius 3 is 2.70 bits per heavy atom. The predicted molar refractivity (Wildman–Crippen MR) is 182 cm³/mol. The van der Waals surface area contributed by atoms with Gasteiger partial charge in [-0.3, -0.25) is 14.8 Å². The van der Waals surface area contributed by atoms with E-state index in [4.69, 9.17) is 10.7 Å². The monoisotopic (exact) mass is 594 g/mol. The topological polar surface area (TPSA) is 111 Å². The van der Waals surface area contributed by atoms with Crippen molar-refractivity contribution in [2.75, 3.05) is 19.3 Å². The molecule has 0 radical (unpaired) electrons. The largest absolute Gasteiger partial charge is 0.353 e. The summed E-state index contributed by atoms with van der Waals surface area (Å²) in [7, 11) is -1.43. The van der Waals surface area contributed by atoms with Crippen LogP contribution in [0.4, 0.5) is 4.39 Å². The maximum Gasteiger partial charge on any atom is 0.128 e. The molecule has 0 atom stereocenters. The van der Waals surface area contributed by atoms with E-state index in [0.717, 1.165) is 80.1 Å². The zero-order valence-electron chi connectivity index (χ0n) is 24.3. The minimum atomic E-state index is -1.43. The number of H-pyrrole nitrogens is 2. The van der Waals surface area contributed by atoms with Crippen LogP contribution in [0.3, 0.4) is 0 Å². The van der Waals surface area contributed by atoms with Crippen LogP contribution in [-0.4, -0.2) is 68.0 Å². The van der Waals surface area contributed by atoms with Crippen molar-refractivity contribution in [3.63, 3.8) is 0 Å². The van der Waals surface area contributed by atoms with Gasteiger partial charge in [-0.05, 0) is 66.8 Å². The molecule has 2 aromatic carbocycles. The zero-order chi connectivity index (χ0) is 30.3. The first-order chi connectivity index (χ1) is 20.6. The van der Waals surface area contributed by atoms with Crippen LogP contribution < -0.4 is 10.5 Å². The molecule has 1 fully saturated rings. The number of aromatic amines is 2. The van der Waals surface area contributed by atoms with Crippen LogP contribution in [0.1, 0.15) is 18.1 Å². The van der Waals surface area contributed by atoms with E-state index in [-0.39, 0.29) is 11.9 Å². The van der Waals surface area contributed by atoms with Crippen molar-refractivity contribution in [1.82, 2.24) is 29.8 Å². The van der Waals surface area contributed by atoms with Crippen molar-refractivity contribution in [3.05, 3.63) is 90.5 Å². The Morgan fingerprint density at radius 2 is 1.98 bits per heavy atom. The molecular weight excluding hydrogens is 559 g/mol. The summed E-state index contributed by atoms with van der Waals surface area (Å²) in [6.45, 7) is 7.94. The van der Waals surface area contributed by atoms with Crippen molar-refractivity contribution in [3.8, 4) is 22.5 Å². The fraction of sp³-hybridized carbons (Fsp3) is 0.182. The third-order valence-electron chi connectivity index (χ3n) is 7.48. The van der Waals surface area contributed by atoms with Crippen LogP contribution in [0.2, 0.25) is 0 Å². The Labute approximate surface area is 250 Å². The number of aliphatic imine (C=N–C) groups is 1. The number of nitrogens with one attached hydrogen (secondary N) is 3. The number of allylic oxidation sites excluding steroid dienone is 1. The summed E-state index contributed by atoms with van der Waals surface area (Å²) >= 11 is 0. The summed E-state index contributed by atoms with van der Waals surface area (Å²) in [5.74, 6) is 8.61. The summed E-state index contributed by atoms with van der Waals surface area (Å²) in [4.78, 5) is 14.9. The van der Waals surface area contributed by atoms with Gasteiger partial charge in [0.05, 0.1) is 28.6 Å². The first-order valence-electron chi connectivity index (χ1n) is 13.9. The average Bonchev–Trinajstić information content (AvgIpc) is 3.58. The SMILES string of the molecule is C=CC(=N/C(=C\C)c1ccc2[nH]nc(-c3cc4c(-c5cc(F)cc(CNS(=C)(=C)C)c5)cncc4[nH]3)c2c1)N1CC(N)C1. The molecule has 10 heteroatoms. The Morgan fingerprint density at radius 1 is 1.16 bits per heavy atom. The van der Waals surface area contributed by atoms with E-state index in [2.05, 4.69) is 54.2 Å². The van der Waals surface area contributed by atoms with E-state index in [0.29, 0.717) is 6.54 Å². The Bertz CT molecular complexity index is 2030. The molecule has 43 heavy (non-hydrogen) atoms. The number of fused-ring (bicyclic) bond motifs is 2. The second-order valence-corrected chi connectivity index (χ2v) is 14.0. The number of benzene rings is 2. The van der Waals surface area contributed by atoms with E-state index >= 15 is 0 Å². The van der Waals surface area contributed by atoms with Crippen molar-refractivity contribution >= 4 is 54.5 Å². The molecule has 220 valence electrons. The molecule has 6 rings (SSSR count). The highest BCUT2D eigenvalue weighted by Gasteiger charge is 2.25. The Balaban J connectivity index is 1.38. The maximum absolute atomic E-state index is 14.7. The van der Waals surface area contributed by atoms with E-state index in [9.17, 15) is 4.39 Å². The highest BCUT2D eigenvalue weighted by molar-refractivity contribution is 8.25. The fourth-order valence-electron chi connectivity index (χ4n) is 5.32. The van der Waals surface area contributed by atoms with Gasteiger partial charge in [-0.1, -0.05) is 30.5 Å². The van der Waals surface area contributed by atoms with Crippen LogP contribution >= 0.6 is 9.39 Å². The summed E-state index contributed by atoms with van der Waals surface area (Å²) in [6, 6.07) is 13.4. The van der Waals surface area contributed by atoms with E-state index in [1.807, 2.05) is 43.5 Å². The molecule has 0 saturated carbocycles. The number of hydrogen-bond acceptors (Lipinski definition) is 5. The normalized spacial score (nSPS) is 14.9. The Hall–Kier alpha value is -4.51. The molecule has 1 aliphatic heterocycles. The Kier molecular flexibility index (Phi) is 7.51. The molecule has 8 nitrogen and oxygen atoms in total. The molecule has 5 aromatic rings. The lowest BCUT2D eigenvalue weighted by Crippen LogP contribution is -2.57. The first-order valence-corrected chi connectivity index (χ1v) is 16.3. The van der Waals surface area contributed by atoms with E-state index in [1.165, 1.54) is 12.1 Å². The summed E-state index contributed by atoms with van der Waals surface area (Å²) in [5.41, 5.74) is 13.5. The van der Waals surface area contributed by atoms with Gasteiger partial charge < -0.3 is 15.6 Å². The quantitative estimate of drug-likeness (QED) is 0.103. The van der Waals surface area contributed by atoms with Crippen molar-refractivity contribution in [2.24, 2.45) is 10.7 Å². The molecule has 0 aliphatic carbocycles. The standard InChI is InChI=1S/C33H35FN8S/c1-6-28(39-32(7-2)42-18-24(35)19-42)21-8-9-29-26(13-21)33(41-40-29)30-14-25-27(16-36-17-31(25)38-30)22-10-20(11-23(34)12-22)15-37-43(3,4)5/h6-14,16-17,24,37-38H,2-4,15,18-19,35H2,1,5H3,(H,40,41)/b28-6-,39-32?. The molecule has 3 aromatic heterocycles. The highest BCUT2D eigenvalue weighted by Crippen LogP contribution is 2.35. The molecule has 0 amide bonds. The van der Waals surface area contributed by atoms with Gasteiger partial charge >= 0.3 is 0 Å². The van der Waals surface area contributed by atoms with Gasteiger partial charge in [0, 0.05) is 53.8 Å². The van der Waals surface area contributed by atoms with Crippen LogP contribution in [0.5, 0.6) is 0 Å². The lowest BCUT2D eigenvalue weighted by Gasteiger charge is -2.38. The molecule has 1 saturated heterocycles. The molecular formula is C33H35FN8S. The second-order valence-electron chi connectivity index (χ2n) is 11.1. The average molecular weight is 595 g/mol. The number of nitrogens with two attached hydrogens (primary N) is 1. The van der Waals surface area contributed by atoms with Crippen molar-refractivity contribution in [1.29, 1.82) is 0 Å². The predicted octanol–water partition coefficient (Wildman–Crippen LogP) is 5.80. The third kappa shape index (κ3) is 5.90. The zero-order valence-corrected chi connectivity index (χ0v) is 25.1. The van der Waals surface area contributed by atoms with Crippen molar-refractivity contribution < 1.29 is 4.39 Å².